The number of hydrogen-bond acceptors (Lipinski definition) is 3. The number of anilines is 1. The maximum Gasteiger partial charge on any atom is 0.240 e. The molecule has 1 aliphatic carbocycles. The topological polar surface area (TPSA) is 75.3 Å². The van der Waals surface area contributed by atoms with Crippen molar-refractivity contribution in [2.45, 2.75) is 56.4 Å². The van der Waals surface area contributed by atoms with Crippen LogP contribution in [0, 0.1) is 5.92 Å². The Morgan fingerprint density at radius 3 is 2.50 bits per heavy atom. The molecule has 2 N–H and O–H groups in total. The van der Waals surface area contributed by atoms with E-state index in [4.69, 9.17) is 0 Å². The zero-order chi connectivity index (χ0) is 15.9. The van der Waals surface area contributed by atoms with Crippen molar-refractivity contribution in [1.82, 2.24) is 4.72 Å². The van der Waals surface area contributed by atoms with Gasteiger partial charge in [0.2, 0.25) is 15.9 Å². The molecule has 1 aliphatic heterocycles. The van der Waals surface area contributed by atoms with Gasteiger partial charge in [0.05, 0.1) is 10.8 Å². The molecule has 0 bridgehead atoms. The van der Waals surface area contributed by atoms with Crippen LogP contribution in [-0.4, -0.2) is 20.4 Å². The van der Waals surface area contributed by atoms with Gasteiger partial charge in [-0.2, -0.15) is 0 Å². The maximum atomic E-state index is 12.6. The van der Waals surface area contributed by atoms with Crippen molar-refractivity contribution in [2.24, 2.45) is 5.92 Å². The van der Waals surface area contributed by atoms with E-state index in [1.807, 2.05) is 0 Å². The van der Waals surface area contributed by atoms with Crippen LogP contribution in [0.1, 0.15) is 51.0 Å². The highest BCUT2D eigenvalue weighted by atomic mass is 32.2. The SMILES string of the molecule is CC1CCC(NS(=O)(=O)c2ccc3c(c2)[C@H](C)C(=O)N3)CC1. The second kappa shape index (κ2) is 5.66. The lowest BCUT2D eigenvalue weighted by Crippen LogP contribution is -2.37. The van der Waals surface area contributed by atoms with E-state index in [1.54, 1.807) is 25.1 Å². The Labute approximate surface area is 131 Å². The molecule has 5 nitrogen and oxygen atoms in total. The molecule has 1 fully saturated rings. The summed E-state index contributed by atoms with van der Waals surface area (Å²) in [5, 5.41) is 2.76. The number of nitrogens with one attached hydrogen (secondary N) is 2. The highest BCUT2D eigenvalue weighted by Crippen LogP contribution is 2.34. The van der Waals surface area contributed by atoms with Gasteiger partial charge in [0.1, 0.15) is 0 Å². The van der Waals surface area contributed by atoms with Crippen molar-refractivity contribution in [3.05, 3.63) is 23.8 Å². The first-order chi connectivity index (χ1) is 10.4. The Balaban J connectivity index is 1.80. The molecule has 3 rings (SSSR count). The fraction of sp³-hybridized carbons (Fsp3) is 0.562. The molecule has 1 aromatic carbocycles. The lowest BCUT2D eigenvalue weighted by molar-refractivity contribution is -0.116. The quantitative estimate of drug-likeness (QED) is 0.898. The van der Waals surface area contributed by atoms with Gasteiger partial charge in [-0.1, -0.05) is 6.92 Å². The van der Waals surface area contributed by atoms with Gasteiger partial charge in [0.25, 0.3) is 0 Å². The van der Waals surface area contributed by atoms with Gasteiger partial charge in [-0.25, -0.2) is 13.1 Å². The summed E-state index contributed by atoms with van der Waals surface area (Å²) in [6, 6.07) is 4.87. The number of sulfonamides is 1. The molecule has 1 heterocycles. The summed E-state index contributed by atoms with van der Waals surface area (Å²) in [5.74, 6) is 0.290. The van der Waals surface area contributed by atoms with Crippen molar-refractivity contribution < 1.29 is 13.2 Å². The third-order valence-electron chi connectivity index (χ3n) is 4.79. The van der Waals surface area contributed by atoms with E-state index >= 15 is 0 Å². The normalized spacial score (nSPS) is 28.3. The third kappa shape index (κ3) is 2.90. The number of hydrogen-bond donors (Lipinski definition) is 2. The molecule has 22 heavy (non-hydrogen) atoms. The Hall–Kier alpha value is -1.40. The van der Waals surface area contributed by atoms with Crippen LogP contribution in [0.15, 0.2) is 23.1 Å². The Bertz CT molecular complexity index is 691. The van der Waals surface area contributed by atoms with Gasteiger partial charge in [0, 0.05) is 11.7 Å². The second-order valence-corrected chi connectivity index (χ2v) is 8.25. The van der Waals surface area contributed by atoms with E-state index in [0.717, 1.165) is 31.2 Å². The van der Waals surface area contributed by atoms with Crippen LogP contribution in [0.3, 0.4) is 0 Å². The fourth-order valence-corrected chi connectivity index (χ4v) is 4.57. The van der Waals surface area contributed by atoms with E-state index in [0.29, 0.717) is 11.6 Å². The molecule has 6 heteroatoms. The maximum absolute atomic E-state index is 12.6. The lowest BCUT2D eigenvalue weighted by Gasteiger charge is -2.26. The van der Waals surface area contributed by atoms with Gasteiger partial charge in [-0.05, 0) is 62.3 Å². The predicted molar refractivity (Wildman–Crippen MR) is 85.2 cm³/mol. The molecule has 0 aromatic heterocycles. The van der Waals surface area contributed by atoms with Crippen molar-refractivity contribution in [3.63, 3.8) is 0 Å². The monoisotopic (exact) mass is 322 g/mol. The molecule has 120 valence electrons. The average molecular weight is 322 g/mol. The summed E-state index contributed by atoms with van der Waals surface area (Å²) < 4.78 is 27.9. The molecule has 1 saturated carbocycles. The standard InChI is InChI=1S/C16H22N2O3S/c1-10-3-5-12(6-4-10)18-22(20,21)13-7-8-15-14(9-13)11(2)16(19)17-15/h7-12,18H,3-6H2,1-2H3,(H,17,19)/t10?,11-,12?/m0/s1. The molecule has 1 amide bonds. The van der Waals surface area contributed by atoms with Crippen LogP contribution in [0.2, 0.25) is 0 Å². The average Bonchev–Trinajstić information content (AvgIpc) is 2.76. The molecule has 0 saturated heterocycles. The van der Waals surface area contributed by atoms with Crippen molar-refractivity contribution in [3.8, 4) is 0 Å². The summed E-state index contributed by atoms with van der Waals surface area (Å²) in [6.45, 7) is 3.99. The first-order valence-corrected chi connectivity index (χ1v) is 9.32. The van der Waals surface area contributed by atoms with E-state index in [1.165, 1.54) is 0 Å². The highest BCUT2D eigenvalue weighted by molar-refractivity contribution is 7.89. The second-order valence-electron chi connectivity index (χ2n) is 6.54. The summed E-state index contributed by atoms with van der Waals surface area (Å²) >= 11 is 0. The molecule has 0 spiro atoms. The van der Waals surface area contributed by atoms with E-state index in [-0.39, 0.29) is 22.8 Å². The van der Waals surface area contributed by atoms with Crippen molar-refractivity contribution in [2.75, 3.05) is 5.32 Å². The fourth-order valence-electron chi connectivity index (χ4n) is 3.23. The minimum Gasteiger partial charge on any atom is -0.325 e. The van der Waals surface area contributed by atoms with Crippen LogP contribution in [0.4, 0.5) is 5.69 Å². The number of amides is 1. The summed E-state index contributed by atoms with van der Waals surface area (Å²) in [4.78, 5) is 11.9. The highest BCUT2D eigenvalue weighted by Gasteiger charge is 2.29. The van der Waals surface area contributed by atoms with E-state index < -0.39 is 10.0 Å². The zero-order valence-corrected chi connectivity index (χ0v) is 13.7. The molecule has 0 unspecified atom stereocenters. The smallest absolute Gasteiger partial charge is 0.240 e. The Kier molecular flexibility index (Phi) is 3.99. The van der Waals surface area contributed by atoms with Gasteiger partial charge in [-0.3, -0.25) is 4.79 Å². The Morgan fingerprint density at radius 2 is 1.82 bits per heavy atom. The van der Waals surface area contributed by atoms with Gasteiger partial charge >= 0.3 is 0 Å². The predicted octanol–water partition coefficient (Wildman–Crippen LogP) is 2.60. The van der Waals surface area contributed by atoms with Gasteiger partial charge in [-0.15, -0.1) is 0 Å². The number of carbonyl (C=O) groups excluding carboxylic acids is 1. The molecular formula is C16H22N2O3S. The van der Waals surface area contributed by atoms with Crippen LogP contribution >= 0.6 is 0 Å². The summed E-state index contributed by atoms with van der Waals surface area (Å²) in [7, 11) is -3.53. The first kappa shape index (κ1) is 15.5. The van der Waals surface area contributed by atoms with Crippen molar-refractivity contribution in [1.29, 1.82) is 0 Å². The largest absolute Gasteiger partial charge is 0.325 e. The molecular weight excluding hydrogens is 300 g/mol. The number of rotatable bonds is 3. The van der Waals surface area contributed by atoms with Gasteiger partial charge < -0.3 is 5.32 Å². The molecule has 0 radical (unpaired) electrons. The van der Waals surface area contributed by atoms with Crippen molar-refractivity contribution >= 4 is 21.6 Å². The van der Waals surface area contributed by atoms with E-state index in [2.05, 4.69) is 17.0 Å². The zero-order valence-electron chi connectivity index (χ0n) is 12.9. The molecule has 1 aromatic rings. The van der Waals surface area contributed by atoms with E-state index in [9.17, 15) is 13.2 Å². The van der Waals surface area contributed by atoms with Crippen LogP contribution in [-0.2, 0) is 14.8 Å². The number of carbonyl (C=O) groups is 1. The number of benzene rings is 1. The van der Waals surface area contributed by atoms with Gasteiger partial charge in [0.15, 0.2) is 0 Å². The van der Waals surface area contributed by atoms with Crippen LogP contribution < -0.4 is 10.0 Å². The molecule has 2 aliphatic rings. The Morgan fingerprint density at radius 1 is 1.14 bits per heavy atom. The third-order valence-corrected chi connectivity index (χ3v) is 6.31. The number of fused-ring (bicyclic) bond motifs is 1. The minimum absolute atomic E-state index is 0.0200. The lowest BCUT2D eigenvalue weighted by atomic mass is 9.88. The minimum atomic E-state index is -3.53. The van der Waals surface area contributed by atoms with Crippen LogP contribution in [0.5, 0.6) is 0 Å². The molecule has 1 atom stereocenters. The summed E-state index contributed by atoms with van der Waals surface area (Å²) in [6.07, 6.45) is 3.91. The van der Waals surface area contributed by atoms with Crippen LogP contribution in [0.25, 0.3) is 0 Å². The first-order valence-electron chi connectivity index (χ1n) is 7.84. The summed E-state index contributed by atoms with van der Waals surface area (Å²) in [5.41, 5.74) is 1.47.